The molecule has 0 unspecified atom stereocenters. The lowest BCUT2D eigenvalue weighted by atomic mass is 10.2. The van der Waals surface area contributed by atoms with Crippen molar-refractivity contribution in [2.45, 2.75) is 11.5 Å². The van der Waals surface area contributed by atoms with Gasteiger partial charge in [0.25, 0.3) is 0 Å². The second-order valence-electron chi connectivity index (χ2n) is 4.47. The van der Waals surface area contributed by atoms with Gasteiger partial charge < -0.3 is 11.5 Å². The van der Waals surface area contributed by atoms with E-state index in [2.05, 4.69) is 37.4 Å². The van der Waals surface area contributed by atoms with Crippen molar-refractivity contribution >= 4 is 35.0 Å². The van der Waals surface area contributed by atoms with Crippen LogP contribution in [0.3, 0.4) is 0 Å². The van der Waals surface area contributed by atoms with Gasteiger partial charge in [-0.15, -0.1) is 23.1 Å². The quantitative estimate of drug-likeness (QED) is 0.741. The summed E-state index contributed by atoms with van der Waals surface area (Å²) >= 11 is 3.31. The molecule has 0 amide bonds. The highest BCUT2D eigenvalue weighted by molar-refractivity contribution is 7.97. The van der Waals surface area contributed by atoms with Gasteiger partial charge in [0, 0.05) is 16.7 Å². The molecule has 0 spiro atoms. The Labute approximate surface area is 136 Å². The molecule has 3 rings (SSSR count). The fraction of sp³-hybridized carbons (Fsp3) is 0.143. The molecule has 6 nitrogen and oxygen atoms in total. The Kier molecular flexibility index (Phi) is 4.50. The number of anilines is 2. The lowest BCUT2D eigenvalue weighted by Gasteiger charge is -2.01. The molecule has 8 heteroatoms. The third-order valence-electron chi connectivity index (χ3n) is 2.77. The largest absolute Gasteiger partial charge is 0.368 e. The van der Waals surface area contributed by atoms with Crippen LogP contribution in [0.2, 0.25) is 0 Å². The van der Waals surface area contributed by atoms with Gasteiger partial charge in [-0.05, 0) is 0 Å². The lowest BCUT2D eigenvalue weighted by molar-refractivity contribution is 0.987. The van der Waals surface area contributed by atoms with Crippen LogP contribution in [0.4, 0.5) is 11.9 Å². The number of thioether (sulfide) groups is 1. The number of nitrogens with zero attached hydrogens (tertiary/aromatic N) is 4. The molecule has 0 aliphatic rings. The maximum atomic E-state index is 5.55. The Bertz CT molecular complexity index is 739. The molecule has 3 aromatic rings. The van der Waals surface area contributed by atoms with E-state index < -0.39 is 0 Å². The highest BCUT2D eigenvalue weighted by atomic mass is 32.2. The van der Waals surface area contributed by atoms with E-state index in [1.54, 1.807) is 23.1 Å². The zero-order chi connectivity index (χ0) is 15.4. The maximum absolute atomic E-state index is 5.55. The summed E-state index contributed by atoms with van der Waals surface area (Å²) < 4.78 is 0. The topological polar surface area (TPSA) is 104 Å². The highest BCUT2D eigenvalue weighted by Crippen LogP contribution is 2.25. The summed E-state index contributed by atoms with van der Waals surface area (Å²) in [5, 5.41) is 3.11. The molecule has 0 saturated heterocycles. The number of hydrogen-bond donors (Lipinski definition) is 2. The van der Waals surface area contributed by atoms with Crippen molar-refractivity contribution in [3.05, 3.63) is 47.2 Å². The minimum absolute atomic E-state index is 0.156. The monoisotopic (exact) mass is 330 g/mol. The van der Waals surface area contributed by atoms with Gasteiger partial charge in [0.05, 0.1) is 11.4 Å². The minimum atomic E-state index is 0.156. The van der Waals surface area contributed by atoms with Crippen molar-refractivity contribution in [1.29, 1.82) is 0 Å². The molecule has 0 fully saturated rings. The Morgan fingerprint density at radius 1 is 0.909 bits per heavy atom. The first-order chi connectivity index (χ1) is 10.7. The molecule has 112 valence electrons. The molecular formula is C14H14N6S2. The van der Waals surface area contributed by atoms with Crippen LogP contribution in [0.1, 0.15) is 11.5 Å². The van der Waals surface area contributed by atoms with E-state index in [9.17, 15) is 0 Å². The summed E-state index contributed by atoms with van der Waals surface area (Å²) in [6.07, 6.45) is 0. The maximum Gasteiger partial charge on any atom is 0.225 e. The van der Waals surface area contributed by atoms with E-state index in [0.717, 1.165) is 22.0 Å². The van der Waals surface area contributed by atoms with Crippen LogP contribution >= 0.6 is 23.1 Å². The Hall–Kier alpha value is -2.19. The predicted molar refractivity (Wildman–Crippen MR) is 91.2 cm³/mol. The Balaban J connectivity index is 1.59. The Morgan fingerprint density at radius 3 is 2.36 bits per heavy atom. The first-order valence-corrected chi connectivity index (χ1v) is 8.57. The van der Waals surface area contributed by atoms with Crippen molar-refractivity contribution in [2.75, 3.05) is 11.5 Å². The van der Waals surface area contributed by atoms with E-state index in [1.165, 1.54) is 0 Å². The van der Waals surface area contributed by atoms with E-state index in [0.29, 0.717) is 11.6 Å². The fourth-order valence-electron chi connectivity index (χ4n) is 1.85. The number of rotatable bonds is 5. The first kappa shape index (κ1) is 14.7. The number of nitrogens with two attached hydrogens (primary N) is 2. The average molecular weight is 330 g/mol. The van der Waals surface area contributed by atoms with Gasteiger partial charge in [-0.1, -0.05) is 30.3 Å². The number of hydrogen-bond acceptors (Lipinski definition) is 8. The second kappa shape index (κ2) is 6.71. The van der Waals surface area contributed by atoms with Gasteiger partial charge in [0.15, 0.2) is 0 Å². The van der Waals surface area contributed by atoms with Crippen LogP contribution < -0.4 is 11.5 Å². The van der Waals surface area contributed by atoms with Gasteiger partial charge in [0.2, 0.25) is 11.9 Å². The molecule has 0 bridgehead atoms. The lowest BCUT2D eigenvalue weighted by Crippen LogP contribution is -2.06. The number of nitrogen functional groups attached to an aromatic ring is 2. The number of aromatic nitrogens is 4. The minimum Gasteiger partial charge on any atom is -0.368 e. The summed E-state index contributed by atoms with van der Waals surface area (Å²) in [6.45, 7) is 0. The molecule has 0 atom stereocenters. The van der Waals surface area contributed by atoms with Crippen molar-refractivity contribution in [1.82, 2.24) is 19.9 Å². The molecule has 0 radical (unpaired) electrons. The molecule has 2 heterocycles. The van der Waals surface area contributed by atoms with Crippen LogP contribution in [0.25, 0.3) is 10.6 Å². The molecule has 0 aliphatic carbocycles. The standard InChI is InChI=1S/C14H14N6S2/c15-13-18-11(19-14(16)20-13)8-21-6-10-7-22-12(17-10)9-4-2-1-3-5-9/h1-5,7H,6,8H2,(H4,15,16,18,19,20). The van der Waals surface area contributed by atoms with Gasteiger partial charge in [-0.25, -0.2) is 4.98 Å². The van der Waals surface area contributed by atoms with Crippen LogP contribution in [-0.2, 0) is 11.5 Å². The summed E-state index contributed by atoms with van der Waals surface area (Å²) in [7, 11) is 0. The van der Waals surface area contributed by atoms with Crippen molar-refractivity contribution < 1.29 is 0 Å². The number of thiazole rings is 1. The number of benzene rings is 1. The zero-order valence-electron chi connectivity index (χ0n) is 11.6. The molecule has 22 heavy (non-hydrogen) atoms. The van der Waals surface area contributed by atoms with Gasteiger partial charge >= 0.3 is 0 Å². The highest BCUT2D eigenvalue weighted by Gasteiger charge is 2.06. The van der Waals surface area contributed by atoms with Crippen molar-refractivity contribution in [3.8, 4) is 10.6 Å². The molecule has 2 aromatic heterocycles. The fourth-order valence-corrected chi connectivity index (χ4v) is 3.56. The Morgan fingerprint density at radius 2 is 1.64 bits per heavy atom. The van der Waals surface area contributed by atoms with E-state index in [4.69, 9.17) is 11.5 Å². The van der Waals surface area contributed by atoms with Gasteiger partial charge in [-0.2, -0.15) is 15.0 Å². The van der Waals surface area contributed by atoms with E-state index in [-0.39, 0.29) is 11.9 Å². The smallest absolute Gasteiger partial charge is 0.225 e. The van der Waals surface area contributed by atoms with Crippen molar-refractivity contribution in [2.24, 2.45) is 0 Å². The summed E-state index contributed by atoms with van der Waals surface area (Å²) in [5.74, 6) is 2.31. The third kappa shape index (κ3) is 3.71. The van der Waals surface area contributed by atoms with Gasteiger partial charge in [0.1, 0.15) is 10.8 Å². The third-order valence-corrected chi connectivity index (χ3v) is 4.67. The molecule has 4 N–H and O–H groups in total. The normalized spacial score (nSPS) is 10.7. The average Bonchev–Trinajstić information content (AvgIpc) is 2.96. The van der Waals surface area contributed by atoms with Crippen LogP contribution in [0.5, 0.6) is 0 Å². The summed E-state index contributed by atoms with van der Waals surface area (Å²) in [4.78, 5) is 16.5. The molecule has 1 aromatic carbocycles. The first-order valence-electron chi connectivity index (χ1n) is 6.54. The summed E-state index contributed by atoms with van der Waals surface area (Å²) in [5.41, 5.74) is 13.3. The zero-order valence-corrected chi connectivity index (χ0v) is 13.3. The van der Waals surface area contributed by atoms with Crippen LogP contribution in [0.15, 0.2) is 35.7 Å². The van der Waals surface area contributed by atoms with E-state index in [1.807, 2.05) is 18.2 Å². The predicted octanol–water partition coefficient (Wildman–Crippen LogP) is 2.59. The van der Waals surface area contributed by atoms with Crippen LogP contribution in [0, 0.1) is 0 Å². The summed E-state index contributed by atoms with van der Waals surface area (Å²) in [6, 6.07) is 10.2. The van der Waals surface area contributed by atoms with Crippen molar-refractivity contribution in [3.63, 3.8) is 0 Å². The van der Waals surface area contributed by atoms with E-state index >= 15 is 0 Å². The molecule has 0 aliphatic heterocycles. The SMILES string of the molecule is Nc1nc(N)nc(CSCc2csc(-c3ccccc3)n2)n1. The van der Waals surface area contributed by atoms with Crippen LogP contribution in [-0.4, -0.2) is 19.9 Å². The molecular weight excluding hydrogens is 316 g/mol. The molecule has 0 saturated carbocycles. The second-order valence-corrected chi connectivity index (χ2v) is 6.31. The van der Waals surface area contributed by atoms with Gasteiger partial charge in [-0.3, -0.25) is 0 Å².